The van der Waals surface area contributed by atoms with E-state index in [4.69, 9.17) is 0 Å². The number of rotatable bonds is 5. The Kier molecular flexibility index (Phi) is 5.42. The standard InChI is InChI=1S/C23H22O5S2/c24-19-9-7-17(8-10-19)16-3-5-18(6-4-16)20-11-12-21(29-20)23(15-22(25)26)13-1-2-14-30(23,27)28/h3-12,24H,1-2,13-15H2,(H,25,26)/t23-/m0/s1. The van der Waals surface area contributed by atoms with Gasteiger partial charge in [0, 0.05) is 9.75 Å². The summed E-state index contributed by atoms with van der Waals surface area (Å²) < 4.78 is 24.5. The highest BCUT2D eigenvalue weighted by Crippen LogP contribution is 2.47. The summed E-state index contributed by atoms with van der Waals surface area (Å²) in [6, 6.07) is 18.5. The molecule has 1 aliphatic heterocycles. The topological polar surface area (TPSA) is 91.7 Å². The molecular weight excluding hydrogens is 420 g/mol. The van der Waals surface area contributed by atoms with Gasteiger partial charge in [-0.15, -0.1) is 11.3 Å². The lowest BCUT2D eigenvalue weighted by Crippen LogP contribution is -2.41. The van der Waals surface area contributed by atoms with Crippen LogP contribution in [0.15, 0.2) is 60.7 Å². The van der Waals surface area contributed by atoms with Crippen LogP contribution in [0.25, 0.3) is 21.6 Å². The van der Waals surface area contributed by atoms with Gasteiger partial charge in [0.05, 0.1) is 12.2 Å². The average molecular weight is 443 g/mol. The van der Waals surface area contributed by atoms with E-state index in [0.29, 0.717) is 24.1 Å². The Bertz CT molecular complexity index is 1160. The molecule has 1 aliphatic rings. The summed E-state index contributed by atoms with van der Waals surface area (Å²) in [5, 5.41) is 18.9. The van der Waals surface area contributed by atoms with Gasteiger partial charge in [-0.05, 0) is 53.8 Å². The van der Waals surface area contributed by atoms with Gasteiger partial charge >= 0.3 is 5.97 Å². The number of phenolic OH excluding ortho intramolecular Hbond substituents is 1. The molecule has 3 aromatic rings. The van der Waals surface area contributed by atoms with E-state index in [1.807, 2.05) is 42.5 Å². The third kappa shape index (κ3) is 3.75. The Labute approximate surface area is 179 Å². The summed E-state index contributed by atoms with van der Waals surface area (Å²) >= 11 is 1.36. The molecule has 0 unspecified atom stereocenters. The van der Waals surface area contributed by atoms with E-state index < -0.39 is 27.0 Å². The zero-order valence-electron chi connectivity index (χ0n) is 16.2. The van der Waals surface area contributed by atoms with Crippen LogP contribution in [0, 0.1) is 0 Å². The van der Waals surface area contributed by atoms with Crippen molar-refractivity contribution in [1.29, 1.82) is 0 Å². The fourth-order valence-corrected chi connectivity index (χ4v) is 7.86. The molecule has 2 N–H and O–H groups in total. The minimum Gasteiger partial charge on any atom is -0.508 e. The number of aromatic hydroxyl groups is 1. The molecule has 0 bridgehead atoms. The van der Waals surface area contributed by atoms with Crippen molar-refractivity contribution in [2.45, 2.75) is 30.4 Å². The van der Waals surface area contributed by atoms with E-state index in [1.54, 1.807) is 18.2 Å². The molecule has 1 atom stereocenters. The number of aliphatic carboxylic acids is 1. The minimum atomic E-state index is -3.54. The van der Waals surface area contributed by atoms with Crippen molar-refractivity contribution in [1.82, 2.24) is 0 Å². The van der Waals surface area contributed by atoms with Gasteiger partial charge < -0.3 is 10.2 Å². The van der Waals surface area contributed by atoms with Crippen molar-refractivity contribution in [3.05, 3.63) is 65.5 Å². The summed E-state index contributed by atoms with van der Waals surface area (Å²) in [5.41, 5.74) is 2.94. The molecule has 0 spiro atoms. The molecule has 0 aliphatic carbocycles. The Morgan fingerprint density at radius 1 is 0.900 bits per heavy atom. The van der Waals surface area contributed by atoms with E-state index >= 15 is 0 Å². The monoisotopic (exact) mass is 442 g/mol. The van der Waals surface area contributed by atoms with Crippen LogP contribution < -0.4 is 0 Å². The molecule has 2 aromatic carbocycles. The lowest BCUT2D eigenvalue weighted by molar-refractivity contribution is -0.137. The maximum absolute atomic E-state index is 12.9. The number of benzene rings is 2. The average Bonchev–Trinajstić information content (AvgIpc) is 3.21. The summed E-state index contributed by atoms with van der Waals surface area (Å²) in [5.74, 6) is -0.836. The van der Waals surface area contributed by atoms with Crippen LogP contribution >= 0.6 is 11.3 Å². The van der Waals surface area contributed by atoms with Gasteiger partial charge in [0.25, 0.3) is 0 Å². The molecule has 7 heteroatoms. The molecule has 1 saturated heterocycles. The molecular formula is C23H22O5S2. The molecule has 4 rings (SSSR count). The Morgan fingerprint density at radius 3 is 2.10 bits per heavy atom. The smallest absolute Gasteiger partial charge is 0.305 e. The fourth-order valence-electron chi connectivity index (χ4n) is 4.08. The van der Waals surface area contributed by atoms with Crippen LogP contribution in [0.4, 0.5) is 0 Å². The maximum Gasteiger partial charge on any atom is 0.305 e. The minimum absolute atomic E-state index is 0.0365. The Hall–Kier alpha value is -2.64. The van der Waals surface area contributed by atoms with Crippen molar-refractivity contribution >= 4 is 27.1 Å². The highest BCUT2D eigenvalue weighted by molar-refractivity contribution is 7.92. The number of carboxylic acid groups (broad SMARTS) is 1. The van der Waals surface area contributed by atoms with E-state index in [1.165, 1.54) is 11.3 Å². The third-order valence-electron chi connectivity index (χ3n) is 5.70. The molecule has 156 valence electrons. The molecule has 1 aromatic heterocycles. The van der Waals surface area contributed by atoms with Crippen LogP contribution in [0.3, 0.4) is 0 Å². The van der Waals surface area contributed by atoms with Gasteiger partial charge in [-0.2, -0.15) is 0 Å². The van der Waals surface area contributed by atoms with Crippen LogP contribution in [0.2, 0.25) is 0 Å². The van der Waals surface area contributed by atoms with E-state index in [2.05, 4.69) is 0 Å². The molecule has 0 saturated carbocycles. The number of phenols is 1. The third-order valence-corrected chi connectivity index (χ3v) is 9.75. The van der Waals surface area contributed by atoms with Crippen LogP contribution in [-0.4, -0.2) is 30.4 Å². The Balaban J connectivity index is 1.67. The number of hydrogen-bond acceptors (Lipinski definition) is 5. The first kappa shape index (κ1) is 20.6. The molecule has 1 fully saturated rings. The van der Waals surface area contributed by atoms with Crippen molar-refractivity contribution in [3.63, 3.8) is 0 Å². The summed E-state index contributed by atoms with van der Waals surface area (Å²) in [7, 11) is -3.54. The zero-order chi connectivity index (χ0) is 21.4. The van der Waals surface area contributed by atoms with Crippen molar-refractivity contribution in [2.24, 2.45) is 0 Å². The number of carboxylic acids is 1. The van der Waals surface area contributed by atoms with Gasteiger partial charge in [-0.25, -0.2) is 8.42 Å². The van der Waals surface area contributed by atoms with E-state index in [0.717, 1.165) is 21.6 Å². The maximum atomic E-state index is 12.9. The SMILES string of the molecule is O=C(O)C[C@]1(c2ccc(-c3ccc(-c4ccc(O)cc4)cc3)s2)CCCCS1(=O)=O. The quantitative estimate of drug-likeness (QED) is 0.576. The highest BCUT2D eigenvalue weighted by atomic mass is 32.2. The van der Waals surface area contributed by atoms with Crippen molar-refractivity contribution in [2.75, 3.05) is 5.75 Å². The summed E-state index contributed by atoms with van der Waals surface area (Å²) in [4.78, 5) is 13.1. The fraction of sp³-hybridized carbons (Fsp3) is 0.261. The number of thiophene rings is 1. The lowest BCUT2D eigenvalue weighted by atomic mass is 9.95. The number of sulfone groups is 1. The first-order chi connectivity index (χ1) is 14.3. The van der Waals surface area contributed by atoms with Gasteiger partial charge in [-0.3, -0.25) is 4.79 Å². The van der Waals surface area contributed by atoms with Crippen LogP contribution in [0.1, 0.15) is 30.6 Å². The molecule has 5 nitrogen and oxygen atoms in total. The lowest BCUT2D eigenvalue weighted by Gasteiger charge is -2.34. The summed E-state index contributed by atoms with van der Waals surface area (Å²) in [6.07, 6.45) is 1.25. The molecule has 30 heavy (non-hydrogen) atoms. The Morgan fingerprint density at radius 2 is 1.50 bits per heavy atom. The van der Waals surface area contributed by atoms with E-state index in [9.17, 15) is 23.4 Å². The van der Waals surface area contributed by atoms with Crippen LogP contribution in [0.5, 0.6) is 5.75 Å². The van der Waals surface area contributed by atoms with Crippen molar-refractivity contribution < 1.29 is 23.4 Å². The largest absolute Gasteiger partial charge is 0.508 e. The van der Waals surface area contributed by atoms with Gasteiger partial charge in [0.15, 0.2) is 9.84 Å². The molecule has 0 amide bonds. The van der Waals surface area contributed by atoms with Gasteiger partial charge in [0.2, 0.25) is 0 Å². The highest BCUT2D eigenvalue weighted by Gasteiger charge is 2.49. The predicted molar refractivity (Wildman–Crippen MR) is 118 cm³/mol. The second-order valence-electron chi connectivity index (χ2n) is 7.63. The van der Waals surface area contributed by atoms with Gasteiger partial charge in [0.1, 0.15) is 10.5 Å². The second kappa shape index (κ2) is 7.89. The van der Waals surface area contributed by atoms with Crippen LogP contribution in [-0.2, 0) is 19.4 Å². The molecule has 2 heterocycles. The normalized spacial score (nSPS) is 20.7. The van der Waals surface area contributed by atoms with Crippen molar-refractivity contribution in [3.8, 4) is 27.3 Å². The van der Waals surface area contributed by atoms with Gasteiger partial charge in [-0.1, -0.05) is 42.8 Å². The predicted octanol–water partition coefficient (Wildman–Crippen LogP) is 5.06. The summed E-state index contributed by atoms with van der Waals surface area (Å²) in [6.45, 7) is 0. The number of carbonyl (C=O) groups is 1. The second-order valence-corrected chi connectivity index (χ2v) is 11.1. The number of hydrogen-bond donors (Lipinski definition) is 2. The zero-order valence-corrected chi connectivity index (χ0v) is 17.9. The first-order valence-corrected chi connectivity index (χ1v) is 12.2. The van der Waals surface area contributed by atoms with E-state index in [-0.39, 0.29) is 11.5 Å². The first-order valence-electron chi connectivity index (χ1n) is 9.75. The molecule has 0 radical (unpaired) electrons.